The van der Waals surface area contributed by atoms with Crippen molar-refractivity contribution in [2.24, 2.45) is 7.05 Å². The minimum Gasteiger partial charge on any atom is -0.334 e. The van der Waals surface area contributed by atoms with Crippen LogP contribution in [0.2, 0.25) is 0 Å². The molecule has 7 heteroatoms. The van der Waals surface area contributed by atoms with Crippen molar-refractivity contribution in [2.75, 3.05) is 5.32 Å². The first kappa shape index (κ1) is 12.7. The van der Waals surface area contributed by atoms with Crippen LogP contribution in [0.3, 0.4) is 0 Å². The van der Waals surface area contributed by atoms with Crippen LogP contribution in [0.25, 0.3) is 11.0 Å². The molecule has 0 saturated heterocycles. The molecule has 3 aromatic rings. The highest BCUT2D eigenvalue weighted by Crippen LogP contribution is 2.17. The smallest absolute Gasteiger partial charge is 0.275 e. The van der Waals surface area contributed by atoms with Gasteiger partial charge in [-0.05, 0) is 34.1 Å². The van der Waals surface area contributed by atoms with E-state index in [1.807, 2.05) is 29.8 Å². The van der Waals surface area contributed by atoms with Crippen molar-refractivity contribution >= 4 is 38.6 Å². The van der Waals surface area contributed by atoms with E-state index in [1.54, 1.807) is 6.33 Å². The largest absolute Gasteiger partial charge is 0.334 e. The Morgan fingerprint density at radius 2 is 2.10 bits per heavy atom. The maximum atomic E-state index is 12.0. The fourth-order valence-electron chi connectivity index (χ4n) is 1.84. The SMILES string of the molecule is Cn1cnc2cc(NC(=O)c3cnc(Br)cn3)ccc21. The number of carbonyl (C=O) groups excluding carboxylic acids is 1. The third kappa shape index (κ3) is 2.39. The highest BCUT2D eigenvalue weighted by molar-refractivity contribution is 9.10. The number of halogens is 1. The summed E-state index contributed by atoms with van der Waals surface area (Å²) in [6, 6.07) is 5.55. The van der Waals surface area contributed by atoms with Gasteiger partial charge in [-0.2, -0.15) is 0 Å². The summed E-state index contributed by atoms with van der Waals surface area (Å²) in [4.78, 5) is 24.2. The number of rotatable bonds is 2. The summed E-state index contributed by atoms with van der Waals surface area (Å²) in [5.74, 6) is -0.305. The molecule has 100 valence electrons. The third-order valence-corrected chi connectivity index (χ3v) is 3.25. The summed E-state index contributed by atoms with van der Waals surface area (Å²) >= 11 is 3.17. The lowest BCUT2D eigenvalue weighted by Crippen LogP contribution is -2.13. The molecule has 0 atom stereocenters. The van der Waals surface area contributed by atoms with Crippen LogP contribution in [0.1, 0.15) is 10.5 Å². The number of amides is 1. The van der Waals surface area contributed by atoms with Crippen LogP contribution in [-0.2, 0) is 7.05 Å². The Balaban J connectivity index is 1.85. The van der Waals surface area contributed by atoms with E-state index in [4.69, 9.17) is 0 Å². The van der Waals surface area contributed by atoms with Crippen LogP contribution < -0.4 is 5.32 Å². The molecule has 0 saturated carbocycles. The fraction of sp³-hybridized carbons (Fsp3) is 0.0769. The van der Waals surface area contributed by atoms with E-state index < -0.39 is 0 Å². The highest BCUT2D eigenvalue weighted by atomic mass is 79.9. The van der Waals surface area contributed by atoms with Gasteiger partial charge in [-0.1, -0.05) is 0 Å². The fourth-order valence-corrected chi connectivity index (χ4v) is 2.04. The number of nitrogens with zero attached hydrogens (tertiary/aromatic N) is 4. The average molecular weight is 332 g/mol. The molecule has 1 amide bonds. The number of hydrogen-bond donors (Lipinski definition) is 1. The Morgan fingerprint density at radius 3 is 2.85 bits per heavy atom. The lowest BCUT2D eigenvalue weighted by Gasteiger charge is -2.04. The molecule has 0 fully saturated rings. The van der Waals surface area contributed by atoms with Crippen LogP contribution in [0.4, 0.5) is 5.69 Å². The summed E-state index contributed by atoms with van der Waals surface area (Å²) in [5.41, 5.74) is 2.76. The van der Waals surface area contributed by atoms with Gasteiger partial charge < -0.3 is 9.88 Å². The van der Waals surface area contributed by atoms with Crippen molar-refractivity contribution < 1.29 is 4.79 Å². The third-order valence-electron chi connectivity index (χ3n) is 2.84. The maximum Gasteiger partial charge on any atom is 0.275 e. The van der Waals surface area contributed by atoms with E-state index in [0.717, 1.165) is 11.0 Å². The second-order valence-electron chi connectivity index (χ2n) is 4.24. The van der Waals surface area contributed by atoms with Crippen LogP contribution in [0.15, 0.2) is 41.5 Å². The van der Waals surface area contributed by atoms with E-state index in [9.17, 15) is 4.79 Å². The molecule has 3 rings (SSSR count). The number of imidazole rings is 1. The highest BCUT2D eigenvalue weighted by Gasteiger charge is 2.09. The molecule has 0 unspecified atom stereocenters. The molecule has 0 radical (unpaired) electrons. The molecular formula is C13H10BrN5O. The summed E-state index contributed by atoms with van der Waals surface area (Å²) in [6.45, 7) is 0. The standard InChI is InChI=1S/C13H10BrN5O/c1-19-7-17-9-4-8(2-3-11(9)19)18-13(20)10-5-16-12(14)6-15-10/h2-7H,1H3,(H,18,20). The molecule has 2 heterocycles. The summed E-state index contributed by atoms with van der Waals surface area (Å²) in [6.07, 6.45) is 4.63. The molecule has 0 spiro atoms. The van der Waals surface area contributed by atoms with E-state index in [0.29, 0.717) is 10.3 Å². The average Bonchev–Trinajstić information content (AvgIpc) is 2.81. The maximum absolute atomic E-state index is 12.0. The second-order valence-corrected chi connectivity index (χ2v) is 5.05. The molecule has 0 aliphatic rings. The first-order chi connectivity index (χ1) is 9.63. The van der Waals surface area contributed by atoms with Gasteiger partial charge in [0, 0.05) is 12.7 Å². The van der Waals surface area contributed by atoms with Crippen LogP contribution >= 0.6 is 15.9 Å². The first-order valence-electron chi connectivity index (χ1n) is 5.83. The van der Waals surface area contributed by atoms with Crippen molar-refractivity contribution in [2.45, 2.75) is 0 Å². The summed E-state index contributed by atoms with van der Waals surface area (Å²) in [7, 11) is 1.92. The van der Waals surface area contributed by atoms with Gasteiger partial charge in [0.05, 0.1) is 29.8 Å². The van der Waals surface area contributed by atoms with Crippen molar-refractivity contribution in [1.29, 1.82) is 0 Å². The Labute approximate surface area is 123 Å². The zero-order valence-electron chi connectivity index (χ0n) is 10.5. The molecular weight excluding hydrogens is 322 g/mol. The van der Waals surface area contributed by atoms with Gasteiger partial charge in [-0.15, -0.1) is 0 Å². The van der Waals surface area contributed by atoms with Crippen molar-refractivity contribution in [3.63, 3.8) is 0 Å². The molecule has 0 aliphatic carbocycles. The van der Waals surface area contributed by atoms with Gasteiger partial charge in [0.25, 0.3) is 5.91 Å². The molecule has 0 aliphatic heterocycles. The predicted molar refractivity (Wildman–Crippen MR) is 78.4 cm³/mol. The molecule has 1 N–H and O–H groups in total. The number of aromatic nitrogens is 4. The number of aryl methyl sites for hydroxylation is 1. The zero-order valence-corrected chi connectivity index (χ0v) is 12.1. The summed E-state index contributed by atoms with van der Waals surface area (Å²) < 4.78 is 2.50. The number of anilines is 1. The monoisotopic (exact) mass is 331 g/mol. The predicted octanol–water partition coefficient (Wildman–Crippen LogP) is 2.38. The van der Waals surface area contributed by atoms with Crippen molar-refractivity contribution in [3.05, 3.63) is 47.2 Å². The van der Waals surface area contributed by atoms with Gasteiger partial charge >= 0.3 is 0 Å². The van der Waals surface area contributed by atoms with E-state index in [1.165, 1.54) is 12.4 Å². The second kappa shape index (κ2) is 5.01. The lowest BCUT2D eigenvalue weighted by molar-refractivity contribution is 0.102. The van der Waals surface area contributed by atoms with Gasteiger partial charge in [0.15, 0.2) is 0 Å². The first-order valence-corrected chi connectivity index (χ1v) is 6.63. The van der Waals surface area contributed by atoms with Crippen LogP contribution in [0.5, 0.6) is 0 Å². The minimum atomic E-state index is -0.305. The zero-order chi connectivity index (χ0) is 14.1. The molecule has 6 nitrogen and oxygen atoms in total. The van der Waals surface area contributed by atoms with Crippen molar-refractivity contribution in [1.82, 2.24) is 19.5 Å². The minimum absolute atomic E-state index is 0.259. The lowest BCUT2D eigenvalue weighted by atomic mass is 10.2. The number of fused-ring (bicyclic) bond motifs is 1. The van der Waals surface area contributed by atoms with Crippen molar-refractivity contribution in [3.8, 4) is 0 Å². The quantitative estimate of drug-likeness (QED) is 0.782. The van der Waals surface area contributed by atoms with E-state index >= 15 is 0 Å². The molecule has 0 bridgehead atoms. The number of hydrogen-bond acceptors (Lipinski definition) is 4. The number of nitrogens with one attached hydrogen (secondary N) is 1. The summed E-state index contributed by atoms with van der Waals surface area (Å²) in [5, 5.41) is 2.77. The van der Waals surface area contributed by atoms with E-state index in [2.05, 4.69) is 36.2 Å². The Bertz CT molecular complexity index is 781. The molecule has 2 aromatic heterocycles. The van der Waals surface area contributed by atoms with Gasteiger partial charge in [-0.25, -0.2) is 15.0 Å². The number of benzene rings is 1. The van der Waals surface area contributed by atoms with Gasteiger partial charge in [0.1, 0.15) is 10.3 Å². The van der Waals surface area contributed by atoms with Crippen LogP contribution in [0, 0.1) is 0 Å². The molecule has 20 heavy (non-hydrogen) atoms. The molecule has 1 aromatic carbocycles. The Kier molecular flexibility index (Phi) is 3.19. The Morgan fingerprint density at radius 1 is 1.25 bits per heavy atom. The topological polar surface area (TPSA) is 72.7 Å². The van der Waals surface area contributed by atoms with E-state index in [-0.39, 0.29) is 11.6 Å². The number of carbonyl (C=O) groups is 1. The Hall–Kier alpha value is -2.28. The van der Waals surface area contributed by atoms with Crippen LogP contribution in [-0.4, -0.2) is 25.4 Å². The van der Waals surface area contributed by atoms with Gasteiger partial charge in [0.2, 0.25) is 0 Å². The van der Waals surface area contributed by atoms with Gasteiger partial charge in [-0.3, -0.25) is 4.79 Å². The normalized spacial score (nSPS) is 10.7.